The maximum absolute atomic E-state index is 13.4. The second-order valence-electron chi connectivity index (χ2n) is 9.14. The number of halogens is 1. The van der Waals surface area contributed by atoms with E-state index in [9.17, 15) is 9.59 Å². The van der Waals surface area contributed by atoms with Gasteiger partial charge in [-0.3, -0.25) is 14.5 Å². The summed E-state index contributed by atoms with van der Waals surface area (Å²) in [6, 6.07) is 7.90. The molecule has 2 fully saturated rings. The fraction of sp³-hybridized carbons (Fsp3) is 0.360. The van der Waals surface area contributed by atoms with Crippen molar-refractivity contribution >= 4 is 46.3 Å². The standard InChI is InChI=1S/C25H24ClN5O2/c26-22-7-4-15(13-28-22)25(33)31-18-2-1-3-19(31)11-16(10-18)21-12-23(30(14-32)17-5-6-17)29-24-20(21)8-9-27-24/h4,7-10,12-14,17-19H,1-3,5-6,11H2,(H,27,29). The average molecular weight is 462 g/mol. The van der Waals surface area contributed by atoms with Crippen LogP contribution in [0.3, 0.4) is 0 Å². The van der Waals surface area contributed by atoms with Gasteiger partial charge in [0.05, 0.1) is 11.6 Å². The molecule has 2 aliphatic heterocycles. The van der Waals surface area contributed by atoms with Crippen LogP contribution in [0.4, 0.5) is 5.82 Å². The Balaban J connectivity index is 1.39. The van der Waals surface area contributed by atoms with Crippen molar-refractivity contribution in [3.8, 4) is 0 Å². The Labute approximate surface area is 196 Å². The van der Waals surface area contributed by atoms with Crippen LogP contribution in [0.2, 0.25) is 5.15 Å². The number of fused-ring (bicyclic) bond motifs is 3. The number of amides is 2. The fourth-order valence-corrected chi connectivity index (χ4v) is 5.41. The number of carbonyl (C=O) groups is 2. The van der Waals surface area contributed by atoms with Crippen molar-refractivity contribution in [2.24, 2.45) is 0 Å². The summed E-state index contributed by atoms with van der Waals surface area (Å²) >= 11 is 5.91. The molecule has 2 atom stereocenters. The Kier molecular flexibility index (Phi) is 4.94. The summed E-state index contributed by atoms with van der Waals surface area (Å²) in [5, 5.41) is 1.43. The van der Waals surface area contributed by atoms with E-state index < -0.39 is 0 Å². The normalized spacial score (nSPS) is 22.2. The van der Waals surface area contributed by atoms with Gasteiger partial charge in [0.25, 0.3) is 5.91 Å². The van der Waals surface area contributed by atoms with E-state index in [0.717, 1.165) is 61.5 Å². The molecule has 2 amide bonds. The van der Waals surface area contributed by atoms with Gasteiger partial charge in [-0.05, 0) is 73.9 Å². The molecule has 8 heteroatoms. The highest BCUT2D eigenvalue weighted by Gasteiger charge is 2.38. The number of H-pyrrole nitrogens is 1. The minimum atomic E-state index is 0.00670. The lowest BCUT2D eigenvalue weighted by atomic mass is 9.82. The van der Waals surface area contributed by atoms with Crippen molar-refractivity contribution in [2.75, 3.05) is 4.90 Å². The van der Waals surface area contributed by atoms with Crippen LogP contribution >= 0.6 is 11.6 Å². The van der Waals surface area contributed by atoms with E-state index in [1.54, 1.807) is 23.2 Å². The van der Waals surface area contributed by atoms with Gasteiger partial charge in [-0.15, -0.1) is 0 Å². The molecule has 5 heterocycles. The third-order valence-electron chi connectivity index (χ3n) is 7.03. The van der Waals surface area contributed by atoms with Gasteiger partial charge in [0, 0.05) is 29.9 Å². The lowest BCUT2D eigenvalue weighted by molar-refractivity contribution is -0.107. The van der Waals surface area contributed by atoms with Crippen LogP contribution in [-0.4, -0.2) is 50.3 Å². The number of nitrogens with one attached hydrogen (secondary N) is 1. The largest absolute Gasteiger partial charge is 0.346 e. The SMILES string of the molecule is O=CN(c1cc(C2=CC3CCCC(C2)N3C(=O)c2ccc(Cl)nc2)c2cc[nH]c2n1)C1CC1. The summed E-state index contributed by atoms with van der Waals surface area (Å²) in [5.74, 6) is 0.696. The zero-order valence-electron chi connectivity index (χ0n) is 18.1. The molecular weight excluding hydrogens is 438 g/mol. The minimum Gasteiger partial charge on any atom is -0.346 e. The Morgan fingerprint density at radius 1 is 1.21 bits per heavy atom. The van der Waals surface area contributed by atoms with Crippen LogP contribution in [0.25, 0.3) is 16.6 Å². The van der Waals surface area contributed by atoms with Gasteiger partial charge in [0.1, 0.15) is 16.6 Å². The lowest BCUT2D eigenvalue weighted by Crippen LogP contribution is -2.51. The van der Waals surface area contributed by atoms with Crippen LogP contribution in [-0.2, 0) is 4.79 Å². The highest BCUT2D eigenvalue weighted by atomic mass is 35.5. The molecule has 2 unspecified atom stereocenters. The number of rotatable bonds is 5. The third kappa shape index (κ3) is 3.60. The molecule has 1 N–H and O–H groups in total. The van der Waals surface area contributed by atoms with Crippen molar-refractivity contribution in [3.63, 3.8) is 0 Å². The zero-order valence-corrected chi connectivity index (χ0v) is 18.8. The van der Waals surface area contributed by atoms with Gasteiger partial charge in [-0.25, -0.2) is 9.97 Å². The predicted octanol–water partition coefficient (Wildman–Crippen LogP) is 4.59. The monoisotopic (exact) mass is 461 g/mol. The molecule has 3 aromatic rings. The molecule has 3 aliphatic rings. The topological polar surface area (TPSA) is 82.2 Å². The first-order chi connectivity index (χ1) is 16.1. The number of aromatic nitrogens is 3. The van der Waals surface area contributed by atoms with E-state index in [4.69, 9.17) is 16.6 Å². The molecule has 0 spiro atoms. The molecule has 33 heavy (non-hydrogen) atoms. The quantitative estimate of drug-likeness (QED) is 0.445. The Bertz CT molecular complexity index is 1260. The van der Waals surface area contributed by atoms with E-state index in [-0.39, 0.29) is 24.0 Å². The molecule has 3 aromatic heterocycles. The second-order valence-corrected chi connectivity index (χ2v) is 9.53. The van der Waals surface area contributed by atoms with Crippen molar-refractivity contribution in [3.05, 3.63) is 59.0 Å². The fourth-order valence-electron chi connectivity index (χ4n) is 5.30. The van der Waals surface area contributed by atoms with Gasteiger partial charge < -0.3 is 9.88 Å². The average Bonchev–Trinajstić information content (AvgIpc) is 3.53. The molecule has 7 nitrogen and oxygen atoms in total. The van der Waals surface area contributed by atoms with Gasteiger partial charge >= 0.3 is 0 Å². The van der Waals surface area contributed by atoms with E-state index in [2.05, 4.69) is 16.0 Å². The molecule has 2 bridgehead atoms. The number of anilines is 1. The van der Waals surface area contributed by atoms with Crippen LogP contribution in [0.5, 0.6) is 0 Å². The molecule has 1 saturated heterocycles. The van der Waals surface area contributed by atoms with Gasteiger partial charge in [-0.2, -0.15) is 0 Å². The van der Waals surface area contributed by atoms with E-state index in [1.807, 2.05) is 23.2 Å². The molecule has 168 valence electrons. The molecule has 6 rings (SSSR count). The number of piperidine rings is 1. The molecule has 0 radical (unpaired) electrons. The summed E-state index contributed by atoms with van der Waals surface area (Å²) in [7, 11) is 0. The van der Waals surface area contributed by atoms with Crippen molar-refractivity contribution < 1.29 is 9.59 Å². The van der Waals surface area contributed by atoms with Crippen molar-refractivity contribution in [1.82, 2.24) is 19.9 Å². The van der Waals surface area contributed by atoms with Gasteiger partial charge in [-0.1, -0.05) is 17.7 Å². The number of hydrogen-bond donors (Lipinski definition) is 1. The summed E-state index contributed by atoms with van der Waals surface area (Å²) in [6.45, 7) is 0. The Morgan fingerprint density at radius 3 is 2.82 bits per heavy atom. The van der Waals surface area contributed by atoms with Crippen LogP contribution < -0.4 is 4.90 Å². The number of aromatic amines is 1. The Hall–Kier alpha value is -3.19. The number of hydrogen-bond acceptors (Lipinski definition) is 4. The molecule has 1 aliphatic carbocycles. The van der Waals surface area contributed by atoms with E-state index >= 15 is 0 Å². The molecule has 0 aromatic carbocycles. The van der Waals surface area contributed by atoms with Crippen LogP contribution in [0, 0.1) is 0 Å². The predicted molar refractivity (Wildman–Crippen MR) is 127 cm³/mol. The smallest absolute Gasteiger partial charge is 0.256 e. The second kappa shape index (κ2) is 7.99. The zero-order chi connectivity index (χ0) is 22.5. The van der Waals surface area contributed by atoms with E-state index in [1.165, 1.54) is 5.57 Å². The maximum Gasteiger partial charge on any atom is 0.256 e. The number of carbonyl (C=O) groups excluding carboxylic acids is 2. The summed E-state index contributed by atoms with van der Waals surface area (Å²) in [5.41, 5.74) is 3.67. The van der Waals surface area contributed by atoms with Crippen LogP contribution in [0.15, 0.2) is 42.7 Å². The number of nitrogens with zero attached hydrogens (tertiary/aromatic N) is 4. The van der Waals surface area contributed by atoms with Crippen molar-refractivity contribution in [1.29, 1.82) is 0 Å². The molecule has 1 saturated carbocycles. The van der Waals surface area contributed by atoms with Gasteiger partial charge in [0.15, 0.2) is 0 Å². The summed E-state index contributed by atoms with van der Waals surface area (Å²) in [6.07, 6.45) is 12.4. The Morgan fingerprint density at radius 2 is 2.09 bits per heavy atom. The van der Waals surface area contributed by atoms with Gasteiger partial charge in [0.2, 0.25) is 6.41 Å². The first kappa shape index (κ1) is 20.4. The minimum absolute atomic E-state index is 0.00670. The van der Waals surface area contributed by atoms with E-state index in [0.29, 0.717) is 16.5 Å². The summed E-state index contributed by atoms with van der Waals surface area (Å²) in [4.78, 5) is 40.9. The first-order valence-corrected chi connectivity index (χ1v) is 11.9. The third-order valence-corrected chi connectivity index (χ3v) is 7.25. The van der Waals surface area contributed by atoms with Crippen molar-refractivity contribution in [2.45, 2.75) is 56.7 Å². The molecular formula is C25H24ClN5O2. The summed E-state index contributed by atoms with van der Waals surface area (Å²) < 4.78 is 0. The highest BCUT2D eigenvalue weighted by molar-refractivity contribution is 6.29. The van der Waals surface area contributed by atoms with Crippen LogP contribution in [0.1, 0.15) is 54.4 Å². The lowest BCUT2D eigenvalue weighted by Gasteiger charge is -2.45. The maximum atomic E-state index is 13.4. The highest BCUT2D eigenvalue weighted by Crippen LogP contribution is 2.41. The number of pyridine rings is 2. The first-order valence-electron chi connectivity index (χ1n) is 11.5.